The van der Waals surface area contributed by atoms with Crippen molar-refractivity contribution in [1.29, 1.82) is 0 Å². The molecule has 152 valence electrons. The maximum Gasteiger partial charge on any atom is 0.263 e. The van der Waals surface area contributed by atoms with Gasteiger partial charge in [0.05, 0.1) is 4.88 Å². The van der Waals surface area contributed by atoms with Gasteiger partial charge >= 0.3 is 0 Å². The molecule has 2 aromatic rings. The molecule has 1 saturated heterocycles. The minimum absolute atomic E-state index is 0.176. The molecule has 28 heavy (non-hydrogen) atoms. The highest BCUT2D eigenvalue weighted by atomic mass is 32.1. The number of carbonyl (C=O) groups is 1. The van der Waals surface area contributed by atoms with Crippen molar-refractivity contribution in [2.75, 3.05) is 13.1 Å². The summed E-state index contributed by atoms with van der Waals surface area (Å²) < 4.78 is 5.28. The number of amides is 1. The Bertz CT molecular complexity index is 848. The fourth-order valence-electron chi connectivity index (χ4n) is 4.47. The van der Waals surface area contributed by atoms with Crippen molar-refractivity contribution in [3.63, 3.8) is 0 Å². The van der Waals surface area contributed by atoms with E-state index in [-0.39, 0.29) is 11.8 Å². The van der Waals surface area contributed by atoms with Crippen molar-refractivity contribution >= 4 is 17.2 Å². The Balaban J connectivity index is 1.47. The average Bonchev–Trinajstić information content (AvgIpc) is 3.33. The fraction of sp³-hybridized carbons (Fsp3) is 0.682. The minimum atomic E-state index is 0.176. The number of rotatable bonds is 3. The zero-order chi connectivity index (χ0) is 19.9. The third kappa shape index (κ3) is 3.88. The molecule has 0 N–H and O–H groups in total. The largest absolute Gasteiger partial charge is 0.339 e. The van der Waals surface area contributed by atoms with E-state index in [4.69, 9.17) is 4.52 Å². The topological polar surface area (TPSA) is 59.2 Å². The van der Waals surface area contributed by atoms with Gasteiger partial charge in [-0.15, -0.1) is 11.3 Å². The Kier molecular flexibility index (Phi) is 5.34. The lowest BCUT2D eigenvalue weighted by Crippen LogP contribution is -2.39. The highest BCUT2D eigenvalue weighted by molar-refractivity contribution is 7.14. The van der Waals surface area contributed by atoms with Gasteiger partial charge in [-0.2, -0.15) is 4.98 Å². The van der Waals surface area contributed by atoms with Crippen LogP contribution >= 0.6 is 11.3 Å². The molecule has 3 heterocycles. The molecule has 6 heteroatoms. The van der Waals surface area contributed by atoms with E-state index in [2.05, 4.69) is 37.0 Å². The molecule has 1 fully saturated rings. The van der Waals surface area contributed by atoms with Crippen LogP contribution in [-0.4, -0.2) is 34.0 Å². The molecule has 0 saturated carbocycles. The molecule has 0 bridgehead atoms. The summed E-state index contributed by atoms with van der Waals surface area (Å²) in [4.78, 5) is 22.0. The summed E-state index contributed by atoms with van der Waals surface area (Å²) in [6.07, 6.45) is 6.20. The Morgan fingerprint density at radius 2 is 2.18 bits per heavy atom. The lowest BCUT2D eigenvalue weighted by molar-refractivity contribution is 0.0708. The van der Waals surface area contributed by atoms with Crippen LogP contribution in [0.1, 0.15) is 84.7 Å². The number of hydrogen-bond donors (Lipinski definition) is 0. The van der Waals surface area contributed by atoms with E-state index in [9.17, 15) is 4.79 Å². The summed E-state index contributed by atoms with van der Waals surface area (Å²) in [6, 6.07) is 2.17. The predicted octanol–water partition coefficient (Wildman–Crippen LogP) is 4.86. The molecule has 4 rings (SSSR count). The zero-order valence-electron chi connectivity index (χ0n) is 17.5. The van der Waals surface area contributed by atoms with Crippen LogP contribution in [0.2, 0.25) is 0 Å². The van der Waals surface area contributed by atoms with Gasteiger partial charge in [0.1, 0.15) is 0 Å². The number of carbonyl (C=O) groups excluding carboxylic acids is 1. The van der Waals surface area contributed by atoms with Gasteiger partial charge < -0.3 is 9.42 Å². The quantitative estimate of drug-likeness (QED) is 0.737. The van der Waals surface area contributed by atoms with Crippen molar-refractivity contribution in [1.82, 2.24) is 15.0 Å². The normalized spacial score (nSPS) is 22.9. The summed E-state index contributed by atoms with van der Waals surface area (Å²) in [7, 11) is 0. The third-order valence-electron chi connectivity index (χ3n) is 6.38. The summed E-state index contributed by atoms with van der Waals surface area (Å²) in [6.45, 7) is 10.5. The number of nitrogens with zero attached hydrogens (tertiary/aromatic N) is 3. The number of fused-ring (bicyclic) bond motifs is 1. The molecule has 1 amide bonds. The first-order valence-electron chi connectivity index (χ1n) is 10.6. The van der Waals surface area contributed by atoms with Crippen molar-refractivity contribution in [2.45, 2.75) is 72.1 Å². The SMILES string of the molecule is CCc1nc(C2CCCN(C(=O)c3cc4c(s3)CCC(C(C)(C)C)C4)C2)no1. The van der Waals surface area contributed by atoms with E-state index < -0.39 is 0 Å². The van der Waals surface area contributed by atoms with Crippen molar-refractivity contribution < 1.29 is 9.32 Å². The standard InChI is InChI=1S/C22H31N3O2S/c1-5-19-23-20(24-27-19)14-7-6-10-25(13-14)21(26)18-12-15-11-16(22(2,3)4)8-9-17(15)28-18/h12,14,16H,5-11,13H2,1-4H3. The van der Waals surface area contributed by atoms with Crippen molar-refractivity contribution in [3.8, 4) is 0 Å². The van der Waals surface area contributed by atoms with Crippen LogP contribution in [0.3, 0.4) is 0 Å². The first-order valence-corrected chi connectivity index (χ1v) is 11.4. The molecular weight excluding hydrogens is 370 g/mol. The summed E-state index contributed by atoms with van der Waals surface area (Å²) >= 11 is 1.71. The van der Waals surface area contributed by atoms with Gasteiger partial charge in [-0.3, -0.25) is 4.79 Å². The second-order valence-corrected chi connectivity index (χ2v) is 10.5. The Hall–Kier alpha value is -1.69. The number of thiophene rings is 1. The van der Waals surface area contributed by atoms with Crippen LogP contribution in [0.4, 0.5) is 0 Å². The number of piperidine rings is 1. The summed E-state index contributed by atoms with van der Waals surface area (Å²) in [5, 5.41) is 4.14. The average molecular weight is 402 g/mol. The van der Waals surface area contributed by atoms with Crippen LogP contribution in [0.5, 0.6) is 0 Å². The van der Waals surface area contributed by atoms with E-state index in [1.807, 2.05) is 11.8 Å². The van der Waals surface area contributed by atoms with Crippen molar-refractivity contribution in [2.24, 2.45) is 11.3 Å². The molecule has 2 atom stereocenters. The van der Waals surface area contributed by atoms with Crippen LogP contribution in [0.15, 0.2) is 10.6 Å². The maximum atomic E-state index is 13.2. The van der Waals surface area contributed by atoms with Gasteiger partial charge in [-0.05, 0) is 55.1 Å². The van der Waals surface area contributed by atoms with Gasteiger partial charge in [0.25, 0.3) is 5.91 Å². The van der Waals surface area contributed by atoms with Crippen LogP contribution < -0.4 is 0 Å². The molecule has 0 aromatic carbocycles. The van der Waals surface area contributed by atoms with Gasteiger partial charge in [0.2, 0.25) is 5.89 Å². The van der Waals surface area contributed by atoms with Gasteiger partial charge in [0, 0.05) is 30.3 Å². The molecule has 0 radical (unpaired) electrons. The smallest absolute Gasteiger partial charge is 0.263 e. The number of hydrogen-bond acceptors (Lipinski definition) is 5. The Morgan fingerprint density at radius 1 is 1.36 bits per heavy atom. The fourth-order valence-corrected chi connectivity index (χ4v) is 5.65. The van der Waals surface area contributed by atoms with E-state index >= 15 is 0 Å². The third-order valence-corrected chi connectivity index (χ3v) is 7.60. The lowest BCUT2D eigenvalue weighted by Gasteiger charge is -2.33. The zero-order valence-corrected chi connectivity index (χ0v) is 18.3. The highest BCUT2D eigenvalue weighted by Crippen LogP contribution is 2.40. The minimum Gasteiger partial charge on any atom is -0.339 e. The number of likely N-dealkylation sites (tertiary alicyclic amines) is 1. The first kappa shape index (κ1) is 19.6. The van der Waals surface area contributed by atoms with Gasteiger partial charge in [-0.1, -0.05) is 32.9 Å². The van der Waals surface area contributed by atoms with Gasteiger partial charge in [0.15, 0.2) is 5.82 Å². The van der Waals surface area contributed by atoms with E-state index in [1.165, 1.54) is 16.9 Å². The second kappa shape index (κ2) is 7.62. The molecule has 2 unspecified atom stereocenters. The predicted molar refractivity (Wildman–Crippen MR) is 111 cm³/mol. The number of aryl methyl sites for hydroxylation is 2. The Labute approximate surface area is 171 Å². The molecule has 1 aliphatic carbocycles. The molecular formula is C22H31N3O2S. The summed E-state index contributed by atoms with van der Waals surface area (Å²) in [5.74, 6) is 2.49. The second-order valence-electron chi connectivity index (χ2n) is 9.36. The summed E-state index contributed by atoms with van der Waals surface area (Å²) in [5.41, 5.74) is 1.73. The monoisotopic (exact) mass is 401 g/mol. The highest BCUT2D eigenvalue weighted by Gasteiger charge is 2.33. The molecule has 1 aliphatic heterocycles. The first-order chi connectivity index (χ1) is 13.3. The van der Waals surface area contributed by atoms with Crippen LogP contribution in [0.25, 0.3) is 0 Å². The molecule has 2 aliphatic rings. The van der Waals surface area contributed by atoms with E-state index in [1.54, 1.807) is 11.3 Å². The molecule has 0 spiro atoms. The molecule has 2 aromatic heterocycles. The van der Waals surface area contributed by atoms with E-state index in [0.29, 0.717) is 23.8 Å². The molecule has 5 nitrogen and oxygen atoms in total. The lowest BCUT2D eigenvalue weighted by atomic mass is 9.72. The van der Waals surface area contributed by atoms with Crippen molar-refractivity contribution in [3.05, 3.63) is 33.1 Å². The van der Waals surface area contributed by atoms with Crippen LogP contribution in [0, 0.1) is 11.3 Å². The van der Waals surface area contributed by atoms with Crippen LogP contribution in [-0.2, 0) is 19.3 Å². The van der Waals surface area contributed by atoms with E-state index in [0.717, 1.165) is 49.4 Å². The number of aromatic nitrogens is 2. The Morgan fingerprint density at radius 3 is 2.89 bits per heavy atom. The maximum absolute atomic E-state index is 13.2. The van der Waals surface area contributed by atoms with Gasteiger partial charge in [-0.25, -0.2) is 0 Å².